The minimum atomic E-state index is -5.78. The quantitative estimate of drug-likeness (QED) is 0.0314. The van der Waals surface area contributed by atoms with E-state index < -0.39 is 83.8 Å². The maximum absolute atomic E-state index is 13.2. The Hall–Kier alpha value is -3.05. The normalized spacial score (nSPS) is 31.1. The molecular formula is C21H28N8O14P2. The number of hydrogen-bond donors (Lipinski definition) is 8. The highest BCUT2D eigenvalue weighted by atomic mass is 31.3. The van der Waals surface area contributed by atoms with Crippen LogP contribution >= 0.6 is 15.6 Å². The number of ether oxygens (including phenoxy) is 2. The zero-order valence-electron chi connectivity index (χ0n) is 22.7. The molecule has 45 heavy (non-hydrogen) atoms. The molecule has 2 aliphatic rings. The summed E-state index contributed by atoms with van der Waals surface area (Å²) in [6, 6.07) is 2.69. The summed E-state index contributed by atoms with van der Waals surface area (Å²) in [6.07, 6.45) is -6.99. The van der Waals surface area contributed by atoms with Crippen molar-refractivity contribution in [1.29, 1.82) is 0 Å². The van der Waals surface area contributed by atoms with Gasteiger partial charge < -0.3 is 45.4 Å². The van der Waals surface area contributed by atoms with Crippen LogP contribution in [0.4, 0.5) is 5.82 Å². The van der Waals surface area contributed by atoms with Gasteiger partial charge in [0, 0.05) is 12.1 Å². The van der Waals surface area contributed by atoms with Crippen LogP contribution < -0.4 is 26.5 Å². The van der Waals surface area contributed by atoms with E-state index in [1.165, 1.54) is 40.0 Å². The molecule has 2 saturated heterocycles. The molecule has 0 radical (unpaired) electrons. The molecule has 5 heterocycles. The third-order valence-electron chi connectivity index (χ3n) is 6.87. The highest BCUT2D eigenvalue weighted by molar-refractivity contribution is 7.60. The Morgan fingerprint density at radius 1 is 1.02 bits per heavy atom. The van der Waals surface area contributed by atoms with Crippen molar-refractivity contribution in [3.8, 4) is 0 Å². The predicted octanol–water partition coefficient (Wildman–Crippen LogP) is -4.14. The first-order chi connectivity index (χ1) is 21.2. The van der Waals surface area contributed by atoms with Crippen LogP contribution in [0.15, 0.2) is 37.2 Å². The standard InChI is InChI=1S/C21H28N8O14P2/c22-17-12-18(25-7-24-17)29(8-26-12)21-16(33)14(31)11(42-21)6-40-45(38,43-44(35,36)37)39-5-10-13(30)15(32)20(41-10)28-3-1-9(2-4-28)19(34)27-23/h1-4,7-8,10-11,13-16,20-21,23,30-33H,5-6H2,(H5,22,24,25,34,35,36,37)/t10-,11-,13-,14-,15-,16-,20-,21-,45?/m1/s1. The second-order valence-electron chi connectivity index (χ2n) is 9.77. The van der Waals surface area contributed by atoms with Gasteiger partial charge in [0.05, 0.1) is 25.1 Å². The number of fused-ring (bicyclic) bond motifs is 1. The minimum Gasteiger partial charge on any atom is -0.756 e. The number of imidazole rings is 1. The number of nitrogens with one attached hydrogen (secondary N) is 1. The Morgan fingerprint density at radius 2 is 1.64 bits per heavy atom. The number of aliphatic hydroxyl groups is 4. The predicted molar refractivity (Wildman–Crippen MR) is 140 cm³/mol. The third kappa shape index (κ3) is 7.04. The summed E-state index contributed by atoms with van der Waals surface area (Å²) in [5, 5.41) is 42.1. The largest absolute Gasteiger partial charge is 0.756 e. The van der Waals surface area contributed by atoms with Gasteiger partial charge in [-0.2, -0.15) is 4.57 Å². The monoisotopic (exact) mass is 678 g/mol. The molecule has 2 aliphatic heterocycles. The van der Waals surface area contributed by atoms with Crippen molar-refractivity contribution in [1.82, 2.24) is 24.9 Å². The van der Waals surface area contributed by atoms with Gasteiger partial charge in [0.2, 0.25) is 0 Å². The number of aliphatic hydroxyl groups excluding tert-OH is 4. The lowest BCUT2D eigenvalue weighted by atomic mass is 10.1. The van der Waals surface area contributed by atoms with E-state index in [0.29, 0.717) is 0 Å². The number of phosphoric acid groups is 2. The summed E-state index contributed by atoms with van der Waals surface area (Å²) < 4.78 is 52.6. The molecule has 0 saturated carbocycles. The van der Waals surface area contributed by atoms with Gasteiger partial charge in [-0.1, -0.05) is 0 Å². The van der Waals surface area contributed by atoms with Gasteiger partial charge in [-0.15, -0.1) is 0 Å². The number of hydrogen-bond acceptors (Lipinski definition) is 18. The van der Waals surface area contributed by atoms with Crippen molar-refractivity contribution in [2.24, 2.45) is 5.84 Å². The van der Waals surface area contributed by atoms with Crippen LogP contribution in [0.2, 0.25) is 0 Å². The van der Waals surface area contributed by atoms with Gasteiger partial charge in [0.1, 0.15) is 42.4 Å². The number of carbonyl (C=O) groups excluding carboxylic acids is 1. The molecule has 3 aromatic rings. The van der Waals surface area contributed by atoms with Crippen molar-refractivity contribution < 1.29 is 71.5 Å². The lowest BCUT2D eigenvalue weighted by Gasteiger charge is -2.25. The molecule has 22 nitrogen and oxygen atoms in total. The maximum atomic E-state index is 13.2. The molecule has 0 spiro atoms. The van der Waals surface area contributed by atoms with E-state index in [0.717, 1.165) is 6.33 Å². The Kier molecular flexibility index (Phi) is 9.61. The van der Waals surface area contributed by atoms with Crippen LogP contribution in [0.5, 0.6) is 0 Å². The first-order valence-electron chi connectivity index (χ1n) is 12.8. The van der Waals surface area contributed by atoms with Gasteiger partial charge in [-0.3, -0.25) is 28.4 Å². The molecule has 3 aromatic heterocycles. The minimum absolute atomic E-state index is 0.0381. The van der Waals surface area contributed by atoms with E-state index in [1.807, 2.05) is 5.43 Å². The summed E-state index contributed by atoms with van der Waals surface area (Å²) in [4.78, 5) is 44.2. The number of aromatic nitrogens is 5. The highest BCUT2D eigenvalue weighted by Crippen LogP contribution is 2.60. The fourth-order valence-electron chi connectivity index (χ4n) is 4.65. The van der Waals surface area contributed by atoms with Crippen LogP contribution in [0.3, 0.4) is 0 Å². The number of nitrogens with zero attached hydrogens (tertiary/aromatic N) is 5. The first-order valence-corrected chi connectivity index (χ1v) is 15.8. The molecule has 2 fully saturated rings. The Labute approximate surface area is 251 Å². The van der Waals surface area contributed by atoms with Gasteiger partial charge in [0.15, 0.2) is 36.2 Å². The number of anilines is 1. The Bertz CT molecular complexity index is 1620. The van der Waals surface area contributed by atoms with E-state index in [2.05, 4.69) is 19.3 Å². The van der Waals surface area contributed by atoms with Crippen LogP contribution in [0, 0.1) is 0 Å². The summed E-state index contributed by atoms with van der Waals surface area (Å²) >= 11 is 0. The lowest BCUT2D eigenvalue weighted by molar-refractivity contribution is -0.765. The average Bonchev–Trinajstić information content (AvgIpc) is 3.64. The number of hydrazine groups is 1. The summed E-state index contributed by atoms with van der Waals surface area (Å²) in [6.45, 7) is -1.81. The molecule has 2 unspecified atom stereocenters. The van der Waals surface area contributed by atoms with Crippen LogP contribution in [-0.2, 0) is 32.0 Å². The fourth-order valence-corrected chi connectivity index (χ4v) is 6.77. The fraction of sp³-hybridized carbons (Fsp3) is 0.476. The molecule has 0 aliphatic carbocycles. The number of nitrogen functional groups attached to an aromatic ring is 2. The molecule has 1 amide bonds. The topological polar surface area (TPSA) is 333 Å². The van der Waals surface area contributed by atoms with Crippen molar-refractivity contribution in [3.05, 3.63) is 42.7 Å². The smallest absolute Gasteiger partial charge is 0.481 e. The Morgan fingerprint density at radius 3 is 2.27 bits per heavy atom. The number of pyridine rings is 1. The van der Waals surface area contributed by atoms with Crippen LogP contribution in [0.1, 0.15) is 22.8 Å². The number of amides is 1. The molecule has 5 rings (SSSR count). The van der Waals surface area contributed by atoms with E-state index in [-0.39, 0.29) is 22.5 Å². The molecule has 24 heteroatoms. The van der Waals surface area contributed by atoms with Crippen molar-refractivity contribution in [2.75, 3.05) is 18.9 Å². The molecule has 246 valence electrons. The van der Waals surface area contributed by atoms with E-state index in [1.54, 1.807) is 0 Å². The first kappa shape index (κ1) is 33.3. The number of nitrogens with two attached hydrogens (primary N) is 2. The molecule has 0 aromatic carbocycles. The highest BCUT2D eigenvalue weighted by Gasteiger charge is 2.50. The van der Waals surface area contributed by atoms with E-state index in [9.17, 15) is 44.1 Å². The van der Waals surface area contributed by atoms with Crippen molar-refractivity contribution in [2.45, 2.75) is 49.1 Å². The zero-order valence-corrected chi connectivity index (χ0v) is 24.5. The average molecular weight is 678 g/mol. The Balaban J connectivity index is 1.25. The zero-order chi connectivity index (χ0) is 32.7. The maximum Gasteiger partial charge on any atom is 0.481 e. The van der Waals surface area contributed by atoms with E-state index in [4.69, 9.17) is 30.1 Å². The SMILES string of the molecule is NNC(=O)c1cc[n+]([C@@H]2O[C@H](COP(=O)(OC[C@H]3O[C@@H](n4cnc5c(N)ncnc54)[C@H](O)[C@@H]3O)OP(=O)([O-])O)[C@@H](O)[C@H]2O)cc1. The number of rotatable bonds is 11. The van der Waals surface area contributed by atoms with Crippen molar-refractivity contribution in [3.63, 3.8) is 0 Å². The van der Waals surface area contributed by atoms with Gasteiger partial charge >= 0.3 is 7.82 Å². The molecule has 0 bridgehead atoms. The van der Waals surface area contributed by atoms with Gasteiger partial charge in [-0.25, -0.2) is 29.7 Å². The van der Waals surface area contributed by atoms with Crippen molar-refractivity contribution >= 4 is 38.5 Å². The molecular weight excluding hydrogens is 650 g/mol. The second-order valence-corrected chi connectivity index (χ2v) is 12.8. The molecule has 10 atom stereocenters. The summed E-state index contributed by atoms with van der Waals surface area (Å²) in [7, 11) is -11.0. The summed E-state index contributed by atoms with van der Waals surface area (Å²) in [5.74, 6) is 4.54. The third-order valence-corrected chi connectivity index (χ3v) is 9.43. The molecule has 10 N–H and O–H groups in total. The number of carbonyl (C=O) groups is 1. The van der Waals surface area contributed by atoms with Crippen LogP contribution in [0.25, 0.3) is 11.2 Å². The van der Waals surface area contributed by atoms with Gasteiger partial charge in [0.25, 0.3) is 20.0 Å². The van der Waals surface area contributed by atoms with Crippen LogP contribution in [-0.4, -0.2) is 101 Å². The van der Waals surface area contributed by atoms with Gasteiger partial charge in [-0.05, 0) is 0 Å². The lowest BCUT2D eigenvalue weighted by Crippen LogP contribution is -2.46. The second kappa shape index (κ2) is 13.0. The summed E-state index contributed by atoms with van der Waals surface area (Å²) in [5.41, 5.74) is 8.22. The number of phosphoric ester groups is 1. The van der Waals surface area contributed by atoms with E-state index >= 15 is 0 Å².